The van der Waals surface area contributed by atoms with E-state index in [-0.39, 0.29) is 6.04 Å². The molecule has 0 aromatic heterocycles. The second-order valence-corrected chi connectivity index (χ2v) is 2.91. The standard InChI is InChI=1S/C8H13N/c1-7(9-2)8-5-3-4-6-8/h7-8H,3-6H2,1H3. The minimum absolute atomic E-state index is 0.285. The van der Waals surface area contributed by atoms with E-state index < -0.39 is 0 Å². The van der Waals surface area contributed by atoms with Gasteiger partial charge in [-0.05, 0) is 12.8 Å². The fourth-order valence-electron chi connectivity index (χ4n) is 1.55. The van der Waals surface area contributed by atoms with Gasteiger partial charge in [-0.15, -0.1) is 0 Å². The topological polar surface area (TPSA) is 4.36 Å². The maximum Gasteiger partial charge on any atom is 0.223 e. The van der Waals surface area contributed by atoms with Crippen LogP contribution in [0.5, 0.6) is 0 Å². The van der Waals surface area contributed by atoms with Crippen molar-refractivity contribution in [1.29, 1.82) is 0 Å². The summed E-state index contributed by atoms with van der Waals surface area (Å²) >= 11 is 0. The molecule has 0 aliphatic heterocycles. The van der Waals surface area contributed by atoms with Crippen LogP contribution in [-0.4, -0.2) is 6.04 Å². The number of nitrogens with zero attached hydrogens (tertiary/aromatic N) is 1. The Morgan fingerprint density at radius 1 is 1.44 bits per heavy atom. The maximum atomic E-state index is 6.80. The Hall–Kier alpha value is -0.510. The Balaban J connectivity index is 2.34. The summed E-state index contributed by atoms with van der Waals surface area (Å²) in [6, 6.07) is 0.285. The summed E-state index contributed by atoms with van der Waals surface area (Å²) in [4.78, 5) is 3.52. The Kier molecular flexibility index (Phi) is 2.10. The summed E-state index contributed by atoms with van der Waals surface area (Å²) in [5, 5.41) is 0. The zero-order valence-electron chi connectivity index (χ0n) is 5.93. The third-order valence-electron chi connectivity index (χ3n) is 2.29. The van der Waals surface area contributed by atoms with Crippen molar-refractivity contribution in [3.63, 3.8) is 0 Å². The lowest BCUT2D eigenvalue weighted by atomic mass is 10.0. The highest BCUT2D eigenvalue weighted by molar-refractivity contribution is 4.84. The molecular formula is C8H13N. The van der Waals surface area contributed by atoms with Gasteiger partial charge >= 0.3 is 0 Å². The van der Waals surface area contributed by atoms with Crippen LogP contribution < -0.4 is 0 Å². The van der Waals surface area contributed by atoms with Crippen LogP contribution in [0.3, 0.4) is 0 Å². The molecule has 1 nitrogen and oxygen atoms in total. The molecular weight excluding hydrogens is 110 g/mol. The normalized spacial score (nSPS) is 23.6. The van der Waals surface area contributed by atoms with Gasteiger partial charge in [0, 0.05) is 12.8 Å². The molecule has 0 saturated heterocycles. The van der Waals surface area contributed by atoms with Gasteiger partial charge in [-0.1, -0.05) is 12.8 Å². The van der Waals surface area contributed by atoms with Gasteiger partial charge in [-0.2, -0.15) is 0 Å². The van der Waals surface area contributed by atoms with E-state index in [4.69, 9.17) is 6.57 Å². The fourth-order valence-corrected chi connectivity index (χ4v) is 1.55. The maximum absolute atomic E-state index is 6.80. The first kappa shape index (κ1) is 6.61. The molecule has 9 heavy (non-hydrogen) atoms. The van der Waals surface area contributed by atoms with E-state index in [0.29, 0.717) is 0 Å². The highest BCUT2D eigenvalue weighted by Crippen LogP contribution is 2.28. The largest absolute Gasteiger partial charge is 0.314 e. The molecule has 0 aromatic carbocycles. The van der Waals surface area contributed by atoms with Crippen molar-refractivity contribution in [2.24, 2.45) is 5.92 Å². The van der Waals surface area contributed by atoms with E-state index in [0.717, 1.165) is 5.92 Å². The van der Waals surface area contributed by atoms with E-state index >= 15 is 0 Å². The molecule has 1 rings (SSSR count). The SMILES string of the molecule is [C-]#[N+]C(C)C1CCCC1. The Labute approximate surface area is 56.9 Å². The molecule has 1 aliphatic carbocycles. The van der Waals surface area contributed by atoms with Gasteiger partial charge in [0.05, 0.1) is 0 Å². The summed E-state index contributed by atoms with van der Waals surface area (Å²) < 4.78 is 0. The zero-order valence-corrected chi connectivity index (χ0v) is 5.93. The van der Waals surface area contributed by atoms with Crippen LogP contribution in [0, 0.1) is 12.5 Å². The van der Waals surface area contributed by atoms with Crippen LogP contribution in [0.25, 0.3) is 4.85 Å². The van der Waals surface area contributed by atoms with Crippen LogP contribution in [0.2, 0.25) is 0 Å². The van der Waals surface area contributed by atoms with Crippen LogP contribution in [0.1, 0.15) is 32.6 Å². The molecule has 0 heterocycles. The number of hydrogen-bond acceptors (Lipinski definition) is 0. The van der Waals surface area contributed by atoms with E-state index in [2.05, 4.69) is 4.85 Å². The molecule has 50 valence electrons. The van der Waals surface area contributed by atoms with Crippen molar-refractivity contribution >= 4 is 0 Å². The summed E-state index contributed by atoms with van der Waals surface area (Å²) in [6.45, 7) is 8.84. The quantitative estimate of drug-likeness (QED) is 0.472. The van der Waals surface area contributed by atoms with Gasteiger partial charge in [0.2, 0.25) is 6.04 Å². The minimum atomic E-state index is 0.285. The van der Waals surface area contributed by atoms with Gasteiger partial charge in [-0.25, -0.2) is 6.57 Å². The van der Waals surface area contributed by atoms with E-state index in [1.165, 1.54) is 25.7 Å². The molecule has 0 radical (unpaired) electrons. The molecule has 0 aromatic rings. The summed E-state index contributed by atoms with van der Waals surface area (Å²) in [6.07, 6.45) is 5.29. The molecule has 0 bridgehead atoms. The average molecular weight is 123 g/mol. The van der Waals surface area contributed by atoms with Crippen LogP contribution in [0.4, 0.5) is 0 Å². The molecule has 1 fully saturated rings. The fraction of sp³-hybridized carbons (Fsp3) is 0.875. The smallest absolute Gasteiger partial charge is 0.223 e. The summed E-state index contributed by atoms with van der Waals surface area (Å²) in [5.74, 6) is 0.725. The Morgan fingerprint density at radius 2 is 2.00 bits per heavy atom. The molecule has 1 atom stereocenters. The first-order valence-corrected chi connectivity index (χ1v) is 3.71. The summed E-state index contributed by atoms with van der Waals surface area (Å²) in [7, 11) is 0. The molecule has 1 unspecified atom stereocenters. The third kappa shape index (κ3) is 1.45. The predicted molar refractivity (Wildman–Crippen MR) is 38.0 cm³/mol. The molecule has 1 saturated carbocycles. The van der Waals surface area contributed by atoms with Crippen LogP contribution in [-0.2, 0) is 0 Å². The lowest BCUT2D eigenvalue weighted by Gasteiger charge is -2.04. The molecule has 0 amide bonds. The van der Waals surface area contributed by atoms with Crippen molar-refractivity contribution in [1.82, 2.24) is 0 Å². The van der Waals surface area contributed by atoms with Crippen LogP contribution >= 0.6 is 0 Å². The van der Waals surface area contributed by atoms with E-state index in [9.17, 15) is 0 Å². The second kappa shape index (κ2) is 2.87. The lowest BCUT2D eigenvalue weighted by Crippen LogP contribution is -2.08. The van der Waals surface area contributed by atoms with Gasteiger partial charge < -0.3 is 4.85 Å². The van der Waals surface area contributed by atoms with Crippen LogP contribution in [0.15, 0.2) is 0 Å². The lowest BCUT2D eigenvalue weighted by molar-refractivity contribution is 0.502. The Bertz CT molecular complexity index is 117. The first-order valence-electron chi connectivity index (χ1n) is 3.71. The van der Waals surface area contributed by atoms with E-state index in [1.54, 1.807) is 0 Å². The zero-order chi connectivity index (χ0) is 6.69. The van der Waals surface area contributed by atoms with E-state index in [1.807, 2.05) is 6.92 Å². The molecule has 1 heteroatoms. The second-order valence-electron chi connectivity index (χ2n) is 2.91. The van der Waals surface area contributed by atoms with Crippen molar-refractivity contribution in [2.45, 2.75) is 38.6 Å². The monoisotopic (exact) mass is 123 g/mol. The highest BCUT2D eigenvalue weighted by Gasteiger charge is 2.24. The Morgan fingerprint density at radius 3 is 2.44 bits per heavy atom. The predicted octanol–water partition coefficient (Wildman–Crippen LogP) is 2.48. The van der Waals surface area contributed by atoms with Gasteiger partial charge in [0.1, 0.15) is 0 Å². The van der Waals surface area contributed by atoms with Crippen molar-refractivity contribution in [3.8, 4) is 0 Å². The highest BCUT2D eigenvalue weighted by atomic mass is 14.7. The van der Waals surface area contributed by atoms with Crippen molar-refractivity contribution in [3.05, 3.63) is 11.4 Å². The first-order chi connectivity index (χ1) is 4.34. The third-order valence-corrected chi connectivity index (χ3v) is 2.29. The summed E-state index contributed by atoms with van der Waals surface area (Å²) in [5.41, 5.74) is 0. The number of rotatable bonds is 1. The molecule has 1 aliphatic rings. The van der Waals surface area contributed by atoms with Crippen molar-refractivity contribution < 1.29 is 0 Å². The molecule has 0 N–H and O–H groups in total. The van der Waals surface area contributed by atoms with Gasteiger partial charge in [0.15, 0.2) is 0 Å². The van der Waals surface area contributed by atoms with Gasteiger partial charge in [-0.3, -0.25) is 0 Å². The van der Waals surface area contributed by atoms with Gasteiger partial charge in [0.25, 0.3) is 0 Å². The average Bonchev–Trinajstić information content (AvgIpc) is 2.37. The minimum Gasteiger partial charge on any atom is -0.314 e. The number of hydrogen-bond donors (Lipinski definition) is 0. The van der Waals surface area contributed by atoms with Crippen molar-refractivity contribution in [2.75, 3.05) is 0 Å². The molecule has 0 spiro atoms.